The molecule has 0 N–H and O–H groups in total. The maximum atomic E-state index is 11.5. The van der Waals surface area contributed by atoms with Crippen molar-refractivity contribution in [2.75, 3.05) is 19.1 Å². The lowest BCUT2D eigenvalue weighted by Crippen LogP contribution is -1.96. The van der Waals surface area contributed by atoms with Gasteiger partial charge >= 0.3 is 7.82 Å². The van der Waals surface area contributed by atoms with Gasteiger partial charge in [-0.3, -0.25) is 9.05 Å². The third-order valence-corrected chi connectivity index (χ3v) is 2.66. The summed E-state index contributed by atoms with van der Waals surface area (Å²) in [7, 11) is -3.39. The van der Waals surface area contributed by atoms with Gasteiger partial charge in [0.05, 0.1) is 19.5 Å². The number of phosphoric acid groups is 1. The van der Waals surface area contributed by atoms with Gasteiger partial charge in [-0.1, -0.05) is 0 Å². The average Bonchev–Trinajstić information content (AvgIpc) is 2.05. The molecule has 0 aromatic rings. The predicted octanol–water partition coefficient (Wildman–Crippen LogP) is 2.94. The van der Waals surface area contributed by atoms with Crippen LogP contribution < -0.4 is 0 Å². The summed E-state index contributed by atoms with van der Waals surface area (Å²) in [6, 6.07) is 0. The molecule has 0 spiro atoms. The van der Waals surface area contributed by atoms with Crippen LogP contribution in [-0.2, 0) is 18.1 Å². The van der Waals surface area contributed by atoms with Gasteiger partial charge in [0.25, 0.3) is 0 Å². The minimum atomic E-state index is -3.39. The van der Waals surface area contributed by atoms with E-state index in [-0.39, 0.29) is 19.1 Å². The van der Waals surface area contributed by atoms with Gasteiger partial charge in [-0.15, -0.1) is 11.6 Å². The van der Waals surface area contributed by atoms with Crippen LogP contribution in [0.25, 0.3) is 0 Å². The van der Waals surface area contributed by atoms with Gasteiger partial charge in [0.2, 0.25) is 0 Å². The lowest BCUT2D eigenvalue weighted by Gasteiger charge is -2.13. The van der Waals surface area contributed by atoms with E-state index in [1.54, 1.807) is 13.8 Å². The fourth-order valence-corrected chi connectivity index (χ4v) is 1.70. The largest absolute Gasteiger partial charge is 0.529 e. The molecule has 0 heterocycles. The second-order valence-corrected chi connectivity index (χ2v) is 3.84. The summed E-state index contributed by atoms with van der Waals surface area (Å²) in [4.78, 5) is 0. The SMILES string of the molecule is CCOP(=O)(O/C=C/CCl)OCC. The highest BCUT2D eigenvalue weighted by Gasteiger charge is 2.24. The van der Waals surface area contributed by atoms with Gasteiger partial charge in [-0.05, 0) is 19.9 Å². The summed E-state index contributed by atoms with van der Waals surface area (Å²) >= 11 is 5.35. The van der Waals surface area contributed by atoms with Crippen molar-refractivity contribution < 1.29 is 18.1 Å². The molecule has 0 aromatic carbocycles. The molecule has 0 saturated carbocycles. The molecule has 6 heteroatoms. The molecule has 0 radical (unpaired) electrons. The normalized spacial score (nSPS) is 12.2. The van der Waals surface area contributed by atoms with Crippen LogP contribution in [0.2, 0.25) is 0 Å². The highest BCUT2D eigenvalue weighted by molar-refractivity contribution is 7.48. The maximum Gasteiger partial charge on any atom is 0.529 e. The topological polar surface area (TPSA) is 44.8 Å². The van der Waals surface area contributed by atoms with Crippen molar-refractivity contribution in [2.45, 2.75) is 13.8 Å². The summed E-state index contributed by atoms with van der Waals surface area (Å²) < 4.78 is 26.0. The molecule has 0 aliphatic carbocycles. The van der Waals surface area contributed by atoms with Crippen LogP contribution in [0.3, 0.4) is 0 Å². The fraction of sp³-hybridized carbons (Fsp3) is 0.714. The van der Waals surface area contributed by atoms with Gasteiger partial charge < -0.3 is 4.52 Å². The molecule has 0 atom stereocenters. The van der Waals surface area contributed by atoms with E-state index >= 15 is 0 Å². The Bertz CT molecular complexity index is 185. The summed E-state index contributed by atoms with van der Waals surface area (Å²) in [5.41, 5.74) is 0. The second-order valence-electron chi connectivity index (χ2n) is 1.91. The van der Waals surface area contributed by atoms with E-state index in [4.69, 9.17) is 25.2 Å². The molecule has 0 rings (SSSR count). The van der Waals surface area contributed by atoms with Crippen molar-refractivity contribution in [2.24, 2.45) is 0 Å². The van der Waals surface area contributed by atoms with Crippen LogP contribution in [0.15, 0.2) is 12.3 Å². The van der Waals surface area contributed by atoms with Crippen LogP contribution in [0.4, 0.5) is 0 Å². The molecule has 0 saturated heterocycles. The van der Waals surface area contributed by atoms with Gasteiger partial charge in [0.15, 0.2) is 0 Å². The molecule has 13 heavy (non-hydrogen) atoms. The summed E-state index contributed by atoms with van der Waals surface area (Å²) in [5.74, 6) is 0.290. The first-order chi connectivity index (χ1) is 6.18. The number of phosphoric ester groups is 1. The van der Waals surface area contributed by atoms with Gasteiger partial charge in [0, 0.05) is 5.88 Å². The number of halogens is 1. The summed E-state index contributed by atoms with van der Waals surface area (Å²) in [5, 5.41) is 0. The number of hydrogen-bond donors (Lipinski definition) is 0. The summed E-state index contributed by atoms with van der Waals surface area (Å²) in [6.07, 6.45) is 2.73. The van der Waals surface area contributed by atoms with Crippen LogP contribution in [0.5, 0.6) is 0 Å². The molecule has 0 fully saturated rings. The first-order valence-corrected chi connectivity index (χ1v) is 5.96. The lowest BCUT2D eigenvalue weighted by molar-refractivity contribution is 0.153. The molecule has 0 bridgehead atoms. The molecule has 4 nitrogen and oxygen atoms in total. The quantitative estimate of drug-likeness (QED) is 0.382. The Morgan fingerprint density at radius 2 is 1.85 bits per heavy atom. The predicted molar refractivity (Wildman–Crippen MR) is 51.8 cm³/mol. The van der Waals surface area contributed by atoms with E-state index in [1.165, 1.54) is 12.3 Å². The average molecular weight is 229 g/mol. The Labute approximate surface area is 83.4 Å². The molecule has 78 valence electrons. The van der Waals surface area contributed by atoms with Gasteiger partial charge in [-0.25, -0.2) is 4.57 Å². The highest BCUT2D eigenvalue weighted by atomic mass is 35.5. The number of alkyl halides is 1. The van der Waals surface area contributed by atoms with Crippen molar-refractivity contribution in [3.63, 3.8) is 0 Å². The Morgan fingerprint density at radius 1 is 1.31 bits per heavy atom. The molecule has 0 amide bonds. The molecule has 0 aliphatic rings. The van der Waals surface area contributed by atoms with Crippen LogP contribution in [0, 0.1) is 0 Å². The van der Waals surface area contributed by atoms with Crippen LogP contribution in [-0.4, -0.2) is 19.1 Å². The van der Waals surface area contributed by atoms with Crippen LogP contribution in [0.1, 0.15) is 13.8 Å². The third-order valence-electron chi connectivity index (χ3n) is 0.950. The van der Waals surface area contributed by atoms with Crippen molar-refractivity contribution in [3.8, 4) is 0 Å². The fourth-order valence-electron chi connectivity index (χ4n) is 0.568. The van der Waals surface area contributed by atoms with E-state index in [9.17, 15) is 4.57 Å². The zero-order chi connectivity index (χ0) is 10.2. The zero-order valence-electron chi connectivity index (χ0n) is 7.73. The van der Waals surface area contributed by atoms with Crippen molar-refractivity contribution in [3.05, 3.63) is 12.3 Å². The van der Waals surface area contributed by atoms with E-state index in [0.29, 0.717) is 0 Å². The Hall–Kier alpha value is -0.0200. The second kappa shape index (κ2) is 7.39. The van der Waals surface area contributed by atoms with Crippen molar-refractivity contribution in [1.29, 1.82) is 0 Å². The number of allylic oxidation sites excluding steroid dienone is 1. The van der Waals surface area contributed by atoms with Crippen LogP contribution >= 0.6 is 19.4 Å². The number of hydrogen-bond acceptors (Lipinski definition) is 4. The van der Waals surface area contributed by atoms with Gasteiger partial charge in [0.1, 0.15) is 0 Å². The molecule has 0 aromatic heterocycles. The van der Waals surface area contributed by atoms with E-state index in [0.717, 1.165) is 0 Å². The van der Waals surface area contributed by atoms with Crippen molar-refractivity contribution in [1.82, 2.24) is 0 Å². The Balaban J connectivity index is 4.07. The molecule has 0 aliphatic heterocycles. The van der Waals surface area contributed by atoms with Crippen molar-refractivity contribution >= 4 is 19.4 Å². The van der Waals surface area contributed by atoms with E-state index in [1.807, 2.05) is 0 Å². The third kappa shape index (κ3) is 6.11. The van der Waals surface area contributed by atoms with E-state index in [2.05, 4.69) is 0 Å². The zero-order valence-corrected chi connectivity index (χ0v) is 9.38. The Kier molecular flexibility index (Phi) is 7.38. The Morgan fingerprint density at radius 3 is 2.23 bits per heavy atom. The first-order valence-electron chi connectivity index (χ1n) is 3.97. The minimum Gasteiger partial charge on any atom is -0.412 e. The first kappa shape index (κ1) is 13.0. The van der Waals surface area contributed by atoms with Gasteiger partial charge in [-0.2, -0.15) is 0 Å². The number of rotatable bonds is 7. The highest BCUT2D eigenvalue weighted by Crippen LogP contribution is 2.49. The van der Waals surface area contributed by atoms with E-state index < -0.39 is 7.82 Å². The standard InChI is InChI=1S/C7H14ClO4P/c1-3-10-13(9,11-4-2)12-7-5-6-8/h5,7H,3-4,6H2,1-2H3/b7-5+. The molecular weight excluding hydrogens is 214 g/mol. The monoisotopic (exact) mass is 228 g/mol. The summed E-state index contributed by atoms with van der Waals surface area (Å²) in [6.45, 7) is 3.96. The molecular formula is C7H14ClO4P. The smallest absolute Gasteiger partial charge is 0.412 e. The minimum absolute atomic E-state index is 0.270. The molecule has 0 unspecified atom stereocenters. The maximum absolute atomic E-state index is 11.5. The lowest BCUT2D eigenvalue weighted by atomic mass is 10.7.